The first-order valence-corrected chi connectivity index (χ1v) is 24.7. The third kappa shape index (κ3) is 14.9. The molecule has 0 fully saturated rings. The smallest absolute Gasteiger partial charge is 0.306 e. The number of nitrogens with zero attached hydrogens (tertiary/aromatic N) is 1. The van der Waals surface area contributed by atoms with E-state index in [1.807, 2.05) is 54.6 Å². The topological polar surface area (TPSA) is 188 Å². The van der Waals surface area contributed by atoms with E-state index in [9.17, 15) is 22.8 Å². The zero-order valence-corrected chi connectivity index (χ0v) is 40.3. The zero-order chi connectivity index (χ0) is 48.7. The number of ether oxygens (including phenoxy) is 8. The van der Waals surface area contributed by atoms with Crippen LogP contribution >= 0.6 is 0 Å². The molecule has 2 N–H and O–H groups in total. The summed E-state index contributed by atoms with van der Waals surface area (Å²) in [5.41, 5.74) is 7.77. The fourth-order valence-corrected chi connectivity index (χ4v) is 8.00. The van der Waals surface area contributed by atoms with Crippen LogP contribution in [0.5, 0.6) is 28.7 Å². The Labute approximate surface area is 398 Å². The third-order valence-corrected chi connectivity index (χ3v) is 11.9. The molecule has 0 radical (unpaired) electrons. The summed E-state index contributed by atoms with van der Waals surface area (Å²) in [6, 6.07) is 28.2. The monoisotopic (exact) mass is 954 g/mol. The van der Waals surface area contributed by atoms with Crippen molar-refractivity contribution in [3.63, 3.8) is 0 Å². The highest BCUT2D eigenvalue weighted by Crippen LogP contribution is 2.41. The average molecular weight is 955 g/mol. The molecule has 1 aliphatic heterocycles. The molecule has 16 heteroatoms. The minimum Gasteiger partial charge on any atom is -0.494 e. The van der Waals surface area contributed by atoms with Gasteiger partial charge in [-0.2, -0.15) is 0 Å². The van der Waals surface area contributed by atoms with Crippen molar-refractivity contribution in [3.05, 3.63) is 108 Å². The maximum Gasteiger partial charge on any atom is 0.306 e. The SMILES string of the molecule is CCCCOc1ccc2c(Oc3ccc(OCCOCCOCCOCCOc4ccc5c(c4)C(=O)N([C@@H](CCC(=O)OC(C)(C)C)C(N)=O)C5)cc3)c(-c3ccc(S(C)(=O)=O)cc3)ccc2c1. The van der Waals surface area contributed by atoms with Crippen LogP contribution in [0.15, 0.2) is 102 Å². The van der Waals surface area contributed by atoms with Crippen molar-refractivity contribution >= 4 is 38.4 Å². The molecule has 0 spiro atoms. The van der Waals surface area contributed by atoms with Crippen LogP contribution in [-0.4, -0.2) is 108 Å². The van der Waals surface area contributed by atoms with E-state index in [0.717, 1.165) is 46.1 Å². The lowest BCUT2D eigenvalue weighted by molar-refractivity contribution is -0.155. The number of primary amides is 1. The van der Waals surface area contributed by atoms with E-state index in [1.54, 1.807) is 63.2 Å². The van der Waals surface area contributed by atoms with Crippen molar-refractivity contribution in [2.75, 3.05) is 65.7 Å². The lowest BCUT2D eigenvalue weighted by Crippen LogP contribution is -2.45. The molecule has 1 aliphatic rings. The van der Waals surface area contributed by atoms with Crippen molar-refractivity contribution in [1.29, 1.82) is 0 Å². The maximum atomic E-state index is 13.3. The van der Waals surface area contributed by atoms with E-state index >= 15 is 0 Å². The summed E-state index contributed by atoms with van der Waals surface area (Å²) in [6.45, 7) is 11.0. The molecule has 1 heterocycles. The number of unbranched alkanes of at least 4 members (excludes halogenated alkanes) is 1. The highest BCUT2D eigenvalue weighted by molar-refractivity contribution is 7.90. The van der Waals surface area contributed by atoms with E-state index in [2.05, 4.69) is 6.92 Å². The van der Waals surface area contributed by atoms with E-state index < -0.39 is 33.4 Å². The predicted molar refractivity (Wildman–Crippen MR) is 257 cm³/mol. The fourth-order valence-electron chi connectivity index (χ4n) is 7.37. The highest BCUT2D eigenvalue weighted by Gasteiger charge is 2.36. The number of nitrogens with two attached hydrogens (primary N) is 1. The van der Waals surface area contributed by atoms with Gasteiger partial charge in [0.05, 0.1) is 51.1 Å². The molecule has 0 aliphatic carbocycles. The molecule has 1 atom stereocenters. The lowest BCUT2D eigenvalue weighted by atomic mass is 9.99. The summed E-state index contributed by atoms with van der Waals surface area (Å²) >= 11 is 0. The van der Waals surface area contributed by atoms with E-state index in [4.69, 9.17) is 43.6 Å². The molecule has 6 rings (SSSR count). The van der Waals surface area contributed by atoms with Gasteiger partial charge >= 0.3 is 5.97 Å². The second-order valence-electron chi connectivity index (χ2n) is 17.2. The second-order valence-corrected chi connectivity index (χ2v) is 19.2. The third-order valence-electron chi connectivity index (χ3n) is 10.7. The van der Waals surface area contributed by atoms with E-state index in [1.165, 1.54) is 11.2 Å². The number of hydrogen-bond acceptors (Lipinski definition) is 13. The Morgan fingerprint density at radius 1 is 0.691 bits per heavy atom. The van der Waals surface area contributed by atoms with E-state index in [0.29, 0.717) is 81.4 Å². The van der Waals surface area contributed by atoms with Crippen molar-refractivity contribution in [2.45, 2.75) is 76.5 Å². The Bertz CT molecular complexity index is 2590. The molecule has 0 saturated carbocycles. The first-order valence-electron chi connectivity index (χ1n) is 22.8. The summed E-state index contributed by atoms with van der Waals surface area (Å²) in [4.78, 5) is 39.4. The molecule has 68 heavy (non-hydrogen) atoms. The van der Waals surface area contributed by atoms with Gasteiger partial charge in [-0.3, -0.25) is 14.4 Å². The normalized spacial score (nSPS) is 13.0. The number of benzene rings is 5. The Morgan fingerprint density at radius 3 is 1.88 bits per heavy atom. The van der Waals surface area contributed by atoms with Gasteiger partial charge in [0, 0.05) is 35.7 Å². The number of carbonyl (C=O) groups excluding carboxylic acids is 3. The molecule has 0 saturated heterocycles. The van der Waals surface area contributed by atoms with Crippen LogP contribution in [0.1, 0.15) is 69.3 Å². The van der Waals surface area contributed by atoms with Crippen LogP contribution in [0, 0.1) is 0 Å². The molecule has 5 aromatic carbocycles. The fraction of sp³-hybridized carbons (Fsp3) is 0.404. The Morgan fingerprint density at radius 2 is 1.26 bits per heavy atom. The van der Waals surface area contributed by atoms with Crippen LogP contribution < -0.4 is 24.7 Å². The van der Waals surface area contributed by atoms with Gasteiger partial charge in [-0.1, -0.05) is 37.6 Å². The van der Waals surface area contributed by atoms with Gasteiger partial charge in [0.25, 0.3) is 5.91 Å². The number of amides is 2. The first-order chi connectivity index (χ1) is 32.6. The van der Waals surface area contributed by atoms with Crippen LogP contribution in [0.3, 0.4) is 0 Å². The van der Waals surface area contributed by atoms with Crippen molar-refractivity contribution in [1.82, 2.24) is 4.90 Å². The highest BCUT2D eigenvalue weighted by atomic mass is 32.2. The van der Waals surface area contributed by atoms with Crippen LogP contribution in [-0.2, 0) is 44.9 Å². The molecule has 5 aromatic rings. The van der Waals surface area contributed by atoms with Gasteiger partial charge in [0.15, 0.2) is 9.84 Å². The van der Waals surface area contributed by atoms with Gasteiger partial charge in [-0.25, -0.2) is 8.42 Å². The quantitative estimate of drug-likeness (QED) is 0.0391. The summed E-state index contributed by atoms with van der Waals surface area (Å²) in [7, 11) is -3.35. The number of fused-ring (bicyclic) bond motifs is 2. The van der Waals surface area contributed by atoms with Gasteiger partial charge < -0.3 is 48.5 Å². The molecular formula is C52H62N2O13S. The van der Waals surface area contributed by atoms with Crippen LogP contribution in [0.4, 0.5) is 0 Å². The number of hydrogen-bond donors (Lipinski definition) is 1. The summed E-state index contributed by atoms with van der Waals surface area (Å²) in [5.74, 6) is 1.66. The molecule has 0 aromatic heterocycles. The van der Waals surface area contributed by atoms with E-state index in [-0.39, 0.29) is 36.8 Å². The van der Waals surface area contributed by atoms with Gasteiger partial charge in [-0.15, -0.1) is 0 Å². The average Bonchev–Trinajstić information content (AvgIpc) is 3.62. The molecule has 2 amide bonds. The van der Waals surface area contributed by atoms with Crippen molar-refractivity contribution in [3.8, 4) is 39.9 Å². The molecular weight excluding hydrogens is 893 g/mol. The molecule has 15 nitrogen and oxygen atoms in total. The largest absolute Gasteiger partial charge is 0.494 e. The van der Waals surface area contributed by atoms with Gasteiger partial charge in [-0.05, 0) is 123 Å². The number of rotatable bonds is 27. The van der Waals surface area contributed by atoms with Crippen LogP contribution in [0.25, 0.3) is 21.9 Å². The Hall–Kier alpha value is -6.20. The number of carbonyl (C=O) groups is 3. The van der Waals surface area contributed by atoms with Crippen LogP contribution in [0.2, 0.25) is 0 Å². The molecule has 0 unspecified atom stereocenters. The first kappa shape index (κ1) is 51.2. The summed E-state index contributed by atoms with van der Waals surface area (Å²) in [6.07, 6.45) is 3.22. The van der Waals surface area contributed by atoms with Crippen molar-refractivity contribution < 1.29 is 60.7 Å². The van der Waals surface area contributed by atoms with Gasteiger partial charge in [0.1, 0.15) is 53.6 Å². The Balaban J connectivity index is 0.869. The number of esters is 1. The lowest BCUT2D eigenvalue weighted by Gasteiger charge is -2.25. The molecule has 0 bridgehead atoms. The van der Waals surface area contributed by atoms with Crippen molar-refractivity contribution in [2.24, 2.45) is 5.73 Å². The minimum atomic E-state index is -3.35. The minimum absolute atomic E-state index is 0.0456. The second kappa shape index (κ2) is 24.2. The Kier molecular flexibility index (Phi) is 18.2. The van der Waals surface area contributed by atoms with Gasteiger partial charge in [0.2, 0.25) is 5.91 Å². The predicted octanol–water partition coefficient (Wildman–Crippen LogP) is 8.32. The molecule has 364 valence electrons. The standard InChI is InChI=1S/C52H62N2O13S/c1-6-7-24-63-41-17-21-45-37(33-41)11-20-44(36-9-18-43(19-10-36)68(5,58)59)49(45)66-40-15-13-39(14-16-40)64-31-29-61-27-25-60-26-28-62-30-32-65-42-12-8-38-35-54(51(57)46(38)34-42)47(50(53)56)22-23-48(55)67-52(2,3)4/h8-21,33-34,47H,6-7,22-32,35H2,1-5H3,(H2,53,56)/t47-/m0/s1. The number of sulfone groups is 1. The summed E-state index contributed by atoms with van der Waals surface area (Å²) in [5, 5.41) is 1.83. The zero-order valence-electron chi connectivity index (χ0n) is 39.5. The summed E-state index contributed by atoms with van der Waals surface area (Å²) < 4.78 is 70.7. The maximum absolute atomic E-state index is 13.3.